The fourth-order valence-corrected chi connectivity index (χ4v) is 3.72. The Morgan fingerprint density at radius 1 is 1.17 bits per heavy atom. The molecule has 1 unspecified atom stereocenters. The van der Waals surface area contributed by atoms with E-state index in [0.717, 1.165) is 27.8 Å². The van der Waals surface area contributed by atoms with Crippen LogP contribution < -0.4 is 10.1 Å². The molecule has 0 radical (unpaired) electrons. The van der Waals surface area contributed by atoms with E-state index >= 15 is 0 Å². The number of H-pyrrole nitrogens is 1. The third-order valence-corrected chi connectivity index (χ3v) is 5.24. The fraction of sp³-hybridized carbons (Fsp3) is 0.217. The van der Waals surface area contributed by atoms with Crippen LogP contribution in [-0.2, 0) is 0 Å². The highest BCUT2D eigenvalue weighted by molar-refractivity contribution is 5.96. The summed E-state index contributed by atoms with van der Waals surface area (Å²) in [6.07, 6.45) is 2.02. The van der Waals surface area contributed by atoms with Crippen LogP contribution in [0.1, 0.15) is 38.9 Å². The van der Waals surface area contributed by atoms with E-state index in [1.165, 1.54) is 0 Å². The van der Waals surface area contributed by atoms with Gasteiger partial charge in [-0.3, -0.25) is 4.79 Å². The molecule has 0 aliphatic heterocycles. The Hall–Kier alpha value is -3.54. The minimum atomic E-state index is -0.181. The lowest BCUT2D eigenvalue weighted by atomic mass is 9.90. The van der Waals surface area contributed by atoms with Crippen LogP contribution in [0.2, 0.25) is 0 Å². The molecular weight excluding hydrogens is 366 g/mol. The van der Waals surface area contributed by atoms with Crippen molar-refractivity contribution in [1.29, 1.82) is 0 Å². The van der Waals surface area contributed by atoms with Gasteiger partial charge in [-0.25, -0.2) is 0 Å². The Labute approximate surface area is 168 Å². The molecule has 6 nitrogen and oxygen atoms in total. The van der Waals surface area contributed by atoms with Gasteiger partial charge in [0.25, 0.3) is 5.91 Å². The Balaban J connectivity index is 1.67. The van der Waals surface area contributed by atoms with E-state index in [-0.39, 0.29) is 11.8 Å². The second-order valence-electron chi connectivity index (χ2n) is 7.02. The minimum Gasteiger partial charge on any atom is -0.497 e. The average molecular weight is 389 g/mol. The summed E-state index contributed by atoms with van der Waals surface area (Å²) in [5, 5.41) is 8.08. The quantitative estimate of drug-likeness (QED) is 0.514. The van der Waals surface area contributed by atoms with Gasteiger partial charge in [0.15, 0.2) is 0 Å². The molecular formula is C23H23N3O3. The maximum absolute atomic E-state index is 12.8. The Kier molecular flexibility index (Phi) is 5.08. The number of ether oxygens (including phenoxy) is 1. The molecule has 1 atom stereocenters. The van der Waals surface area contributed by atoms with Crippen molar-refractivity contribution in [3.8, 4) is 5.75 Å². The largest absolute Gasteiger partial charge is 0.497 e. The summed E-state index contributed by atoms with van der Waals surface area (Å²) in [4.78, 5) is 16.1. The highest BCUT2D eigenvalue weighted by Gasteiger charge is 2.22. The Morgan fingerprint density at radius 2 is 1.93 bits per heavy atom. The molecule has 2 N–H and O–H groups in total. The first kappa shape index (κ1) is 18.8. The third-order valence-electron chi connectivity index (χ3n) is 5.24. The summed E-state index contributed by atoms with van der Waals surface area (Å²) < 4.78 is 10.4. The molecule has 0 saturated heterocycles. The Bertz CT molecular complexity index is 1120. The summed E-state index contributed by atoms with van der Waals surface area (Å²) in [6.45, 7) is 3.96. The van der Waals surface area contributed by atoms with E-state index < -0.39 is 0 Å². The van der Waals surface area contributed by atoms with E-state index in [1.807, 2.05) is 48.7 Å². The van der Waals surface area contributed by atoms with Crippen molar-refractivity contribution in [2.45, 2.75) is 19.8 Å². The molecule has 0 saturated carbocycles. The lowest BCUT2D eigenvalue weighted by molar-refractivity contribution is 0.0950. The average Bonchev–Trinajstić information content (AvgIpc) is 3.32. The first-order chi connectivity index (χ1) is 14.1. The van der Waals surface area contributed by atoms with Gasteiger partial charge in [-0.15, -0.1) is 0 Å². The van der Waals surface area contributed by atoms with Crippen molar-refractivity contribution in [1.82, 2.24) is 15.5 Å². The predicted octanol–water partition coefficient (Wildman–Crippen LogP) is 4.34. The lowest BCUT2D eigenvalue weighted by Gasteiger charge is -2.18. The van der Waals surface area contributed by atoms with Gasteiger partial charge in [0, 0.05) is 29.6 Å². The van der Waals surface area contributed by atoms with Gasteiger partial charge in [-0.1, -0.05) is 35.5 Å². The highest BCUT2D eigenvalue weighted by Crippen LogP contribution is 2.31. The minimum absolute atomic E-state index is 0.0264. The number of aromatic amines is 1. The molecule has 0 aliphatic rings. The number of benzene rings is 2. The molecule has 1 amide bonds. The fourth-order valence-electron chi connectivity index (χ4n) is 3.72. The Morgan fingerprint density at radius 3 is 2.62 bits per heavy atom. The van der Waals surface area contributed by atoms with Crippen LogP contribution >= 0.6 is 0 Å². The summed E-state index contributed by atoms with van der Waals surface area (Å²) in [6, 6.07) is 16.1. The molecule has 29 heavy (non-hydrogen) atoms. The predicted molar refractivity (Wildman–Crippen MR) is 111 cm³/mol. The van der Waals surface area contributed by atoms with Gasteiger partial charge in [0.05, 0.1) is 12.8 Å². The number of amides is 1. The molecule has 2 heterocycles. The lowest BCUT2D eigenvalue weighted by Crippen LogP contribution is -2.29. The number of aryl methyl sites for hydroxylation is 2. The van der Waals surface area contributed by atoms with Gasteiger partial charge < -0.3 is 19.6 Å². The first-order valence-corrected chi connectivity index (χ1v) is 9.49. The molecule has 0 aliphatic carbocycles. The number of hydrogen-bond acceptors (Lipinski definition) is 4. The van der Waals surface area contributed by atoms with Crippen LogP contribution in [0.5, 0.6) is 5.75 Å². The molecule has 148 valence electrons. The molecule has 4 rings (SSSR count). The zero-order valence-electron chi connectivity index (χ0n) is 16.7. The zero-order chi connectivity index (χ0) is 20.4. The van der Waals surface area contributed by atoms with E-state index in [1.54, 1.807) is 21.0 Å². The number of methoxy groups -OCH3 is 1. The first-order valence-electron chi connectivity index (χ1n) is 9.49. The number of hydrogen-bond donors (Lipinski definition) is 2. The van der Waals surface area contributed by atoms with Crippen molar-refractivity contribution < 1.29 is 14.1 Å². The summed E-state index contributed by atoms with van der Waals surface area (Å²) in [5.74, 6) is 1.11. The molecule has 2 aromatic heterocycles. The van der Waals surface area contributed by atoms with Crippen molar-refractivity contribution in [3.05, 3.63) is 82.9 Å². The number of carbonyl (C=O) groups excluding carboxylic acids is 1. The normalized spacial score (nSPS) is 12.1. The number of aromatic nitrogens is 2. The van der Waals surface area contributed by atoms with E-state index in [9.17, 15) is 4.79 Å². The number of carbonyl (C=O) groups is 1. The second-order valence-corrected chi connectivity index (χ2v) is 7.02. The van der Waals surface area contributed by atoms with Gasteiger partial charge in [-0.05, 0) is 43.2 Å². The van der Waals surface area contributed by atoms with Gasteiger partial charge in [0.1, 0.15) is 17.1 Å². The van der Waals surface area contributed by atoms with Gasteiger partial charge >= 0.3 is 0 Å². The number of para-hydroxylation sites is 1. The summed E-state index contributed by atoms with van der Waals surface area (Å²) in [7, 11) is 1.65. The summed E-state index contributed by atoms with van der Waals surface area (Å²) in [5.41, 5.74) is 4.38. The number of nitrogens with one attached hydrogen (secondary N) is 2. The maximum Gasteiger partial charge on any atom is 0.256 e. The molecule has 0 bridgehead atoms. The van der Waals surface area contributed by atoms with Crippen molar-refractivity contribution >= 4 is 16.8 Å². The molecule has 6 heteroatoms. The zero-order valence-corrected chi connectivity index (χ0v) is 16.7. The number of fused-ring (bicyclic) bond motifs is 1. The highest BCUT2D eigenvalue weighted by atomic mass is 16.5. The number of nitrogens with zero attached hydrogens (tertiary/aromatic N) is 1. The third kappa shape index (κ3) is 3.61. The summed E-state index contributed by atoms with van der Waals surface area (Å²) >= 11 is 0. The molecule has 4 aromatic rings. The van der Waals surface area contributed by atoms with E-state index in [2.05, 4.69) is 21.5 Å². The van der Waals surface area contributed by atoms with E-state index in [4.69, 9.17) is 9.26 Å². The SMILES string of the molecule is COc1ccc(C(CNC(=O)c2c(C)noc2C)c2c[nH]c3ccccc23)cc1. The number of rotatable bonds is 6. The van der Waals surface area contributed by atoms with Crippen LogP contribution in [0.3, 0.4) is 0 Å². The topological polar surface area (TPSA) is 80.2 Å². The van der Waals surface area contributed by atoms with Gasteiger partial charge in [0.2, 0.25) is 0 Å². The van der Waals surface area contributed by atoms with Crippen molar-refractivity contribution in [2.24, 2.45) is 0 Å². The molecule has 0 spiro atoms. The van der Waals surface area contributed by atoms with Crippen LogP contribution in [0.4, 0.5) is 0 Å². The second kappa shape index (κ2) is 7.83. The maximum atomic E-state index is 12.8. The molecule has 0 fully saturated rings. The van der Waals surface area contributed by atoms with Crippen molar-refractivity contribution in [2.75, 3.05) is 13.7 Å². The van der Waals surface area contributed by atoms with E-state index in [0.29, 0.717) is 23.6 Å². The van der Waals surface area contributed by atoms with Crippen LogP contribution in [-0.4, -0.2) is 29.7 Å². The standard InChI is InChI=1S/C23H23N3O3/c1-14-22(15(2)29-26-14)23(27)25-12-19(16-8-10-17(28-3)11-9-16)20-13-24-21-7-5-4-6-18(20)21/h4-11,13,19,24H,12H2,1-3H3,(H,25,27). The molecule has 2 aromatic carbocycles. The van der Waals surface area contributed by atoms with Crippen LogP contribution in [0.25, 0.3) is 10.9 Å². The van der Waals surface area contributed by atoms with Gasteiger partial charge in [-0.2, -0.15) is 0 Å². The van der Waals surface area contributed by atoms with Crippen molar-refractivity contribution in [3.63, 3.8) is 0 Å². The van der Waals surface area contributed by atoms with Crippen LogP contribution in [0, 0.1) is 13.8 Å². The smallest absolute Gasteiger partial charge is 0.256 e. The van der Waals surface area contributed by atoms with Crippen LogP contribution in [0.15, 0.2) is 59.3 Å². The monoisotopic (exact) mass is 389 g/mol.